The van der Waals surface area contributed by atoms with Gasteiger partial charge in [-0.2, -0.15) is 0 Å². The van der Waals surface area contributed by atoms with Crippen LogP contribution >= 0.6 is 24.8 Å². The van der Waals surface area contributed by atoms with Crippen LogP contribution in [0.5, 0.6) is 5.75 Å². The number of hydrogen-bond donors (Lipinski definition) is 2. The van der Waals surface area contributed by atoms with E-state index in [0.29, 0.717) is 43.3 Å². The van der Waals surface area contributed by atoms with Gasteiger partial charge in [-0.25, -0.2) is 4.98 Å². The Morgan fingerprint density at radius 1 is 1.21 bits per heavy atom. The lowest BCUT2D eigenvalue weighted by Crippen LogP contribution is -2.40. The smallest absolute Gasteiger partial charge is 0.259 e. The van der Waals surface area contributed by atoms with Crippen molar-refractivity contribution in [3.05, 3.63) is 45.9 Å². The van der Waals surface area contributed by atoms with Gasteiger partial charge >= 0.3 is 0 Å². The average Bonchev–Trinajstić information content (AvgIpc) is 3.12. The predicted octanol–water partition coefficient (Wildman–Crippen LogP) is 1.59. The summed E-state index contributed by atoms with van der Waals surface area (Å²) in [5.41, 5.74) is 1.21. The molecule has 2 aromatic rings. The number of likely N-dealkylation sites (tertiary alicyclic amines) is 1. The van der Waals surface area contributed by atoms with Crippen molar-refractivity contribution in [3.8, 4) is 5.75 Å². The lowest BCUT2D eigenvalue weighted by molar-refractivity contribution is 0.0705. The van der Waals surface area contributed by atoms with Gasteiger partial charge in [0.05, 0.1) is 7.11 Å². The van der Waals surface area contributed by atoms with Gasteiger partial charge in [0.15, 0.2) is 0 Å². The van der Waals surface area contributed by atoms with Crippen LogP contribution in [0.1, 0.15) is 40.6 Å². The van der Waals surface area contributed by atoms with Crippen molar-refractivity contribution < 1.29 is 9.53 Å². The summed E-state index contributed by atoms with van der Waals surface area (Å²) in [5, 5.41) is 3.29. The van der Waals surface area contributed by atoms with Gasteiger partial charge in [-0.1, -0.05) is 0 Å². The van der Waals surface area contributed by atoms with E-state index in [9.17, 15) is 9.59 Å². The monoisotopic (exact) mass is 443 g/mol. The highest BCUT2D eigenvalue weighted by Crippen LogP contribution is 2.29. The minimum Gasteiger partial charge on any atom is -0.496 e. The number of ether oxygens (including phenoxy) is 1. The van der Waals surface area contributed by atoms with Crippen LogP contribution in [0.15, 0.2) is 23.3 Å². The number of aromatic nitrogens is 3. The molecule has 2 aromatic heterocycles. The molecule has 0 radical (unpaired) electrons. The van der Waals surface area contributed by atoms with Gasteiger partial charge in [0, 0.05) is 69.2 Å². The minimum absolute atomic E-state index is 0. The molecule has 2 aliphatic heterocycles. The number of carbonyl (C=O) groups is 1. The van der Waals surface area contributed by atoms with E-state index in [0.717, 1.165) is 37.4 Å². The Labute approximate surface area is 181 Å². The summed E-state index contributed by atoms with van der Waals surface area (Å²) >= 11 is 0. The summed E-state index contributed by atoms with van der Waals surface area (Å²) in [4.78, 5) is 35.2. The van der Waals surface area contributed by atoms with Crippen molar-refractivity contribution in [2.45, 2.75) is 31.7 Å². The first-order valence-electron chi connectivity index (χ1n) is 9.49. The number of methoxy groups -OCH3 is 1. The molecule has 8 nitrogen and oxygen atoms in total. The van der Waals surface area contributed by atoms with Crippen molar-refractivity contribution in [2.75, 3.05) is 33.3 Å². The van der Waals surface area contributed by atoms with Gasteiger partial charge in [0.2, 0.25) is 0 Å². The fourth-order valence-electron chi connectivity index (χ4n) is 4.10. The number of nitrogens with zero attached hydrogens (tertiary/aromatic N) is 3. The van der Waals surface area contributed by atoms with Crippen LogP contribution in [0.25, 0.3) is 0 Å². The number of rotatable bonds is 3. The first kappa shape index (κ1) is 23.3. The van der Waals surface area contributed by atoms with Gasteiger partial charge in [-0.05, 0) is 12.8 Å². The number of amides is 1. The summed E-state index contributed by atoms with van der Waals surface area (Å²) in [6.07, 6.45) is 5.98. The highest BCUT2D eigenvalue weighted by Gasteiger charge is 2.30. The molecule has 0 aliphatic carbocycles. The van der Waals surface area contributed by atoms with Crippen molar-refractivity contribution in [3.63, 3.8) is 0 Å². The van der Waals surface area contributed by atoms with E-state index in [2.05, 4.69) is 15.3 Å². The Hall–Kier alpha value is -2.03. The van der Waals surface area contributed by atoms with Crippen LogP contribution in [-0.2, 0) is 13.0 Å². The fourth-order valence-corrected chi connectivity index (χ4v) is 4.10. The third-order valence-corrected chi connectivity index (χ3v) is 5.55. The number of H-pyrrole nitrogens is 1. The molecule has 1 amide bonds. The molecule has 1 saturated heterocycles. The number of carbonyl (C=O) groups excluding carboxylic acids is 1. The molecule has 160 valence electrons. The van der Waals surface area contributed by atoms with Crippen LogP contribution in [0.2, 0.25) is 0 Å². The van der Waals surface area contributed by atoms with Crippen molar-refractivity contribution in [1.29, 1.82) is 0 Å². The maximum absolute atomic E-state index is 13.4. The molecule has 0 unspecified atom stereocenters. The van der Waals surface area contributed by atoms with E-state index in [1.807, 2.05) is 11.1 Å². The van der Waals surface area contributed by atoms with Crippen LogP contribution in [0.4, 0.5) is 0 Å². The molecule has 0 spiro atoms. The zero-order valence-corrected chi connectivity index (χ0v) is 18.0. The molecule has 0 saturated carbocycles. The van der Waals surface area contributed by atoms with E-state index in [-0.39, 0.29) is 36.3 Å². The van der Waals surface area contributed by atoms with Gasteiger partial charge in [0.1, 0.15) is 17.1 Å². The lowest BCUT2D eigenvalue weighted by Gasteiger charge is -2.32. The standard InChI is InChI=1S/C19H25N5O3.2ClH/c1-27-15-12-16(25)24-11-8-20-5-2-14(24)17(15)19(26)23-9-3-13(4-10-23)18-21-6-7-22-18;;/h6-7,12-13,20H,2-5,8-11H2,1H3,(H,21,22);2*1H. The normalized spacial score (nSPS) is 16.8. The first-order chi connectivity index (χ1) is 13.2. The zero-order chi connectivity index (χ0) is 18.8. The van der Waals surface area contributed by atoms with E-state index in [1.54, 1.807) is 10.8 Å². The molecule has 0 atom stereocenters. The van der Waals surface area contributed by atoms with E-state index in [1.165, 1.54) is 13.2 Å². The van der Waals surface area contributed by atoms with Crippen molar-refractivity contribution in [2.24, 2.45) is 0 Å². The van der Waals surface area contributed by atoms with E-state index in [4.69, 9.17) is 4.74 Å². The highest BCUT2D eigenvalue weighted by molar-refractivity contribution is 5.98. The largest absolute Gasteiger partial charge is 0.496 e. The molecule has 1 fully saturated rings. The molecule has 10 heteroatoms. The van der Waals surface area contributed by atoms with Gasteiger partial charge < -0.3 is 24.5 Å². The number of pyridine rings is 1. The van der Waals surface area contributed by atoms with E-state index >= 15 is 0 Å². The number of fused-ring (bicyclic) bond motifs is 1. The Bertz CT molecular complexity index is 877. The molecule has 29 heavy (non-hydrogen) atoms. The number of aromatic amines is 1. The molecule has 2 aliphatic rings. The molecule has 0 aromatic carbocycles. The summed E-state index contributed by atoms with van der Waals surface area (Å²) in [6.45, 7) is 3.38. The average molecular weight is 444 g/mol. The van der Waals surface area contributed by atoms with Crippen molar-refractivity contribution >= 4 is 30.7 Å². The molecule has 2 N–H and O–H groups in total. The third kappa shape index (κ3) is 4.60. The van der Waals surface area contributed by atoms with Gasteiger partial charge in [0.25, 0.3) is 11.5 Å². The maximum atomic E-state index is 13.4. The SMILES string of the molecule is COc1cc(=O)n2c(c1C(=O)N1CCC(c3ncc[nH]3)CC1)CCNCC2.Cl.Cl. The van der Waals surface area contributed by atoms with Crippen LogP contribution in [0, 0.1) is 0 Å². The first-order valence-corrected chi connectivity index (χ1v) is 9.49. The second kappa shape index (κ2) is 10.1. The van der Waals surface area contributed by atoms with Crippen molar-refractivity contribution in [1.82, 2.24) is 24.8 Å². The maximum Gasteiger partial charge on any atom is 0.259 e. The topological polar surface area (TPSA) is 92.2 Å². The van der Waals surface area contributed by atoms with Crippen LogP contribution < -0.4 is 15.6 Å². The molecule has 4 heterocycles. The third-order valence-electron chi connectivity index (χ3n) is 5.55. The highest BCUT2D eigenvalue weighted by atomic mass is 35.5. The summed E-state index contributed by atoms with van der Waals surface area (Å²) in [6, 6.07) is 1.44. The number of hydrogen-bond acceptors (Lipinski definition) is 5. The van der Waals surface area contributed by atoms with Gasteiger partial charge in [-0.15, -0.1) is 24.8 Å². The Kier molecular flexibility index (Phi) is 8.13. The van der Waals surface area contributed by atoms with Crippen LogP contribution in [0.3, 0.4) is 0 Å². The summed E-state index contributed by atoms with van der Waals surface area (Å²) in [7, 11) is 1.51. The summed E-state index contributed by atoms with van der Waals surface area (Å²) < 4.78 is 7.14. The fraction of sp³-hybridized carbons (Fsp3) is 0.526. The predicted molar refractivity (Wildman–Crippen MR) is 115 cm³/mol. The quantitative estimate of drug-likeness (QED) is 0.751. The second-order valence-electron chi connectivity index (χ2n) is 7.07. The van der Waals surface area contributed by atoms with Gasteiger partial charge in [-0.3, -0.25) is 9.59 Å². The Balaban J connectivity index is 0.00000150. The Morgan fingerprint density at radius 2 is 1.97 bits per heavy atom. The minimum atomic E-state index is -0.112. The zero-order valence-electron chi connectivity index (χ0n) is 16.3. The number of halogens is 2. The van der Waals surface area contributed by atoms with Crippen LogP contribution in [-0.4, -0.2) is 58.6 Å². The molecular formula is C19H27Cl2N5O3. The summed E-state index contributed by atoms with van der Waals surface area (Å²) in [5.74, 6) is 1.68. The number of imidazole rings is 1. The Morgan fingerprint density at radius 3 is 2.62 bits per heavy atom. The molecule has 4 rings (SSSR count). The molecule has 0 bridgehead atoms. The molecular weight excluding hydrogens is 417 g/mol. The lowest BCUT2D eigenvalue weighted by atomic mass is 9.95. The van der Waals surface area contributed by atoms with E-state index < -0.39 is 0 Å². The second-order valence-corrected chi connectivity index (χ2v) is 7.07. The number of piperidine rings is 1. The number of nitrogens with one attached hydrogen (secondary N) is 2.